The van der Waals surface area contributed by atoms with Crippen molar-refractivity contribution in [2.75, 3.05) is 11.9 Å². The molecule has 0 spiro atoms. The van der Waals surface area contributed by atoms with Gasteiger partial charge in [-0.05, 0) is 32.4 Å². The van der Waals surface area contributed by atoms with Crippen molar-refractivity contribution in [3.63, 3.8) is 0 Å². The van der Waals surface area contributed by atoms with Crippen molar-refractivity contribution in [3.8, 4) is 0 Å². The van der Waals surface area contributed by atoms with Crippen LogP contribution in [-0.2, 0) is 7.05 Å². The molecule has 128 valence electrons. The van der Waals surface area contributed by atoms with Crippen LogP contribution in [0.1, 0.15) is 28.1 Å². The van der Waals surface area contributed by atoms with Gasteiger partial charge in [0.25, 0.3) is 0 Å². The zero-order chi connectivity index (χ0) is 17.9. The van der Waals surface area contributed by atoms with Crippen LogP contribution in [0.4, 0.5) is 5.69 Å². The van der Waals surface area contributed by atoms with Gasteiger partial charge in [0.15, 0.2) is 5.69 Å². The van der Waals surface area contributed by atoms with Crippen LogP contribution in [-0.4, -0.2) is 7.05 Å². The minimum atomic E-state index is 1.30. The Labute approximate surface area is 157 Å². The number of thiophene rings is 1. The second-order valence-electron chi connectivity index (χ2n) is 6.78. The number of aromatic nitrogens is 1. The Morgan fingerprint density at radius 1 is 1.00 bits per heavy atom. The summed E-state index contributed by atoms with van der Waals surface area (Å²) in [5.74, 6) is 0. The Hall–Kier alpha value is -1.78. The topological polar surface area (TPSA) is 7.12 Å². The van der Waals surface area contributed by atoms with E-state index in [0.717, 1.165) is 0 Å². The van der Waals surface area contributed by atoms with Gasteiger partial charge in [0, 0.05) is 41.3 Å². The highest BCUT2D eigenvalue weighted by atomic mass is 32.2. The van der Waals surface area contributed by atoms with E-state index in [4.69, 9.17) is 0 Å². The molecule has 3 heterocycles. The first-order chi connectivity index (χ1) is 11.9. The quantitative estimate of drug-likeness (QED) is 0.524. The lowest BCUT2D eigenvalue weighted by Gasteiger charge is -2.15. The fourth-order valence-electron chi connectivity index (χ4n) is 3.55. The van der Waals surface area contributed by atoms with Gasteiger partial charge < -0.3 is 4.90 Å². The molecular formula is C21H23N2S2+. The van der Waals surface area contributed by atoms with Gasteiger partial charge in [-0.2, -0.15) is 4.57 Å². The molecule has 0 bridgehead atoms. The predicted molar refractivity (Wildman–Crippen MR) is 111 cm³/mol. The van der Waals surface area contributed by atoms with E-state index in [1.165, 1.54) is 53.1 Å². The van der Waals surface area contributed by atoms with Crippen LogP contribution >= 0.6 is 23.1 Å². The Morgan fingerprint density at radius 2 is 1.72 bits per heavy atom. The molecule has 0 saturated carbocycles. The highest BCUT2D eigenvalue weighted by molar-refractivity contribution is 8.05. The predicted octanol–water partition coefficient (Wildman–Crippen LogP) is 5.50. The van der Waals surface area contributed by atoms with E-state index in [0.29, 0.717) is 0 Å². The van der Waals surface area contributed by atoms with Gasteiger partial charge in [-0.15, -0.1) is 11.3 Å². The maximum absolute atomic E-state index is 2.35. The molecule has 0 aliphatic carbocycles. The molecule has 3 aromatic rings. The van der Waals surface area contributed by atoms with Crippen LogP contribution in [0.2, 0.25) is 0 Å². The third-order valence-electron chi connectivity index (χ3n) is 5.58. The summed E-state index contributed by atoms with van der Waals surface area (Å²) in [6.45, 7) is 8.89. The number of hydrogen-bond acceptors (Lipinski definition) is 3. The first-order valence-electron chi connectivity index (χ1n) is 8.51. The Bertz CT molecular complexity index is 1010. The molecule has 0 atom stereocenters. The lowest BCUT2D eigenvalue weighted by atomic mass is 10.0. The van der Waals surface area contributed by atoms with Crippen molar-refractivity contribution in [1.82, 2.24) is 0 Å². The van der Waals surface area contributed by atoms with E-state index in [1.807, 2.05) is 23.1 Å². The van der Waals surface area contributed by atoms with Crippen molar-refractivity contribution in [2.24, 2.45) is 7.05 Å². The maximum Gasteiger partial charge on any atom is 0.211 e. The van der Waals surface area contributed by atoms with Gasteiger partial charge in [0.1, 0.15) is 7.05 Å². The van der Waals surface area contributed by atoms with Crippen molar-refractivity contribution < 1.29 is 4.57 Å². The van der Waals surface area contributed by atoms with E-state index < -0.39 is 0 Å². The summed E-state index contributed by atoms with van der Waals surface area (Å²) in [5, 5.41) is 2.66. The minimum absolute atomic E-state index is 1.30. The first-order valence-corrected chi connectivity index (χ1v) is 10.1. The number of hydrogen-bond donors (Lipinski definition) is 0. The number of benzene rings is 1. The van der Waals surface area contributed by atoms with Gasteiger partial charge >= 0.3 is 0 Å². The van der Waals surface area contributed by atoms with Gasteiger partial charge in [-0.1, -0.05) is 30.0 Å². The van der Waals surface area contributed by atoms with E-state index in [2.05, 4.69) is 81.6 Å². The Balaban J connectivity index is 1.84. The summed E-state index contributed by atoms with van der Waals surface area (Å²) in [7, 11) is 4.36. The Morgan fingerprint density at radius 3 is 2.48 bits per heavy atom. The standard InChI is InChI=1S/C21H23N2S2/c1-12-13(2)15(4)22(5)17(14(12)3)11-19-23(6)20-16-9-7-8-10-18(16)24-21(20)25-19/h7-11H,1-6H3/q+1. The molecule has 0 fully saturated rings. The van der Waals surface area contributed by atoms with Gasteiger partial charge in [0.2, 0.25) is 5.69 Å². The molecule has 0 saturated heterocycles. The van der Waals surface area contributed by atoms with Gasteiger partial charge in [0.05, 0.1) is 14.9 Å². The van der Waals surface area contributed by atoms with Crippen molar-refractivity contribution in [3.05, 3.63) is 57.4 Å². The third-order valence-corrected chi connectivity index (χ3v) is 8.01. The van der Waals surface area contributed by atoms with Crippen LogP contribution in [0.3, 0.4) is 0 Å². The largest absolute Gasteiger partial charge is 0.337 e. The summed E-state index contributed by atoms with van der Waals surface area (Å²) in [6, 6.07) is 8.70. The van der Waals surface area contributed by atoms with Crippen molar-refractivity contribution in [2.45, 2.75) is 31.9 Å². The molecule has 0 radical (unpaired) electrons. The van der Waals surface area contributed by atoms with E-state index in [-0.39, 0.29) is 0 Å². The third kappa shape index (κ3) is 2.42. The molecule has 0 unspecified atom stereocenters. The van der Waals surface area contributed by atoms with Crippen LogP contribution in [0.25, 0.3) is 16.2 Å². The molecule has 1 aromatic carbocycles. The molecule has 2 aromatic heterocycles. The second kappa shape index (κ2) is 5.89. The summed E-state index contributed by atoms with van der Waals surface area (Å²) in [5.41, 5.74) is 8.15. The highest BCUT2D eigenvalue weighted by Crippen LogP contribution is 2.53. The fourth-order valence-corrected chi connectivity index (χ4v) is 6.14. The van der Waals surface area contributed by atoms with E-state index in [9.17, 15) is 0 Å². The second-order valence-corrected chi connectivity index (χ2v) is 9.12. The number of anilines is 1. The highest BCUT2D eigenvalue weighted by Gasteiger charge is 2.28. The van der Waals surface area contributed by atoms with Crippen molar-refractivity contribution in [1.29, 1.82) is 0 Å². The van der Waals surface area contributed by atoms with Crippen LogP contribution in [0, 0.1) is 27.7 Å². The molecule has 0 amide bonds. The number of pyridine rings is 1. The SMILES string of the molecule is Cc1c(C)c(C)[n+](C)c(/C=C2\Sc3sc4ccccc4c3N2C)c1C. The lowest BCUT2D eigenvalue weighted by molar-refractivity contribution is -0.680. The summed E-state index contributed by atoms with van der Waals surface area (Å²) in [4.78, 5) is 2.35. The maximum atomic E-state index is 2.35. The van der Waals surface area contributed by atoms with E-state index in [1.54, 1.807) is 0 Å². The first kappa shape index (κ1) is 16.7. The van der Waals surface area contributed by atoms with E-state index >= 15 is 0 Å². The molecule has 4 rings (SSSR count). The Kier molecular flexibility index (Phi) is 3.93. The smallest absolute Gasteiger partial charge is 0.211 e. The number of rotatable bonds is 1. The molecule has 0 N–H and O–H groups in total. The number of fused-ring (bicyclic) bond motifs is 3. The van der Waals surface area contributed by atoms with Crippen LogP contribution in [0.5, 0.6) is 0 Å². The van der Waals surface area contributed by atoms with Gasteiger partial charge in [-0.25, -0.2) is 0 Å². The van der Waals surface area contributed by atoms with Crippen LogP contribution < -0.4 is 9.47 Å². The van der Waals surface area contributed by atoms with Crippen LogP contribution in [0.15, 0.2) is 33.5 Å². The summed E-state index contributed by atoms with van der Waals surface area (Å²) >= 11 is 3.79. The lowest BCUT2D eigenvalue weighted by Crippen LogP contribution is -2.38. The molecular weight excluding hydrogens is 344 g/mol. The number of thioether (sulfide) groups is 1. The van der Waals surface area contributed by atoms with Crippen molar-refractivity contribution >= 4 is 44.9 Å². The zero-order valence-corrected chi connectivity index (χ0v) is 17.2. The molecule has 2 nitrogen and oxygen atoms in total. The average Bonchev–Trinajstić information content (AvgIpc) is 3.12. The molecule has 1 aliphatic rings. The average molecular weight is 368 g/mol. The zero-order valence-electron chi connectivity index (χ0n) is 15.6. The normalized spacial score (nSPS) is 15.4. The minimum Gasteiger partial charge on any atom is -0.337 e. The number of nitrogens with zero attached hydrogens (tertiary/aromatic N) is 2. The molecule has 1 aliphatic heterocycles. The summed E-state index contributed by atoms with van der Waals surface area (Å²) < 4.78 is 5.09. The van der Waals surface area contributed by atoms with Gasteiger partial charge in [-0.3, -0.25) is 0 Å². The molecule has 4 heteroatoms. The molecule has 25 heavy (non-hydrogen) atoms. The summed E-state index contributed by atoms with van der Waals surface area (Å²) in [6.07, 6.45) is 2.35. The monoisotopic (exact) mass is 367 g/mol. The fraction of sp³-hybridized carbons (Fsp3) is 0.286.